The molecule has 0 saturated carbocycles. The second kappa shape index (κ2) is 8.37. The molecule has 156 valence electrons. The summed E-state index contributed by atoms with van der Waals surface area (Å²) in [5, 5.41) is 7.30. The number of halogens is 3. The molecule has 30 heavy (non-hydrogen) atoms. The van der Waals surface area contributed by atoms with Crippen molar-refractivity contribution in [3.63, 3.8) is 0 Å². The van der Waals surface area contributed by atoms with E-state index in [4.69, 9.17) is 4.74 Å². The Hall–Kier alpha value is -3.04. The fraction of sp³-hybridized carbons (Fsp3) is 0.286. The van der Waals surface area contributed by atoms with Gasteiger partial charge in [0.1, 0.15) is 5.69 Å². The lowest BCUT2D eigenvalue weighted by atomic mass is 10.0. The van der Waals surface area contributed by atoms with E-state index in [1.54, 1.807) is 0 Å². The summed E-state index contributed by atoms with van der Waals surface area (Å²) >= 11 is 0. The molecule has 1 aliphatic heterocycles. The van der Waals surface area contributed by atoms with Crippen molar-refractivity contribution in [3.8, 4) is 5.69 Å². The number of morpholine rings is 1. The maximum absolute atomic E-state index is 12.8. The lowest BCUT2D eigenvalue weighted by Crippen LogP contribution is -2.33. The Kier molecular flexibility index (Phi) is 5.65. The van der Waals surface area contributed by atoms with Crippen LogP contribution in [0.25, 0.3) is 5.69 Å². The molecule has 0 aliphatic carbocycles. The summed E-state index contributed by atoms with van der Waals surface area (Å²) in [6, 6.07) is 9.94. The topological polar surface area (TPSA) is 69.0 Å². The Balaban J connectivity index is 1.44. The molecular formula is C21H19F3N4O2. The van der Waals surface area contributed by atoms with Crippen LogP contribution in [-0.4, -0.2) is 40.2 Å². The maximum Gasteiger partial charge on any atom is 0.433 e. The molecule has 2 aromatic heterocycles. The quantitative estimate of drug-likeness (QED) is 0.646. The van der Waals surface area contributed by atoms with Crippen LogP contribution in [0.1, 0.15) is 33.3 Å². The minimum atomic E-state index is -4.55. The van der Waals surface area contributed by atoms with Crippen molar-refractivity contribution in [2.45, 2.75) is 18.7 Å². The van der Waals surface area contributed by atoms with Crippen molar-refractivity contribution >= 4 is 5.78 Å². The summed E-state index contributed by atoms with van der Waals surface area (Å²) in [6.45, 7) is 2.26. The molecular weight excluding hydrogens is 397 g/mol. The van der Waals surface area contributed by atoms with Gasteiger partial charge in [0.2, 0.25) is 0 Å². The van der Waals surface area contributed by atoms with E-state index >= 15 is 0 Å². The van der Waals surface area contributed by atoms with E-state index in [9.17, 15) is 18.0 Å². The van der Waals surface area contributed by atoms with Crippen LogP contribution < -0.4 is 5.32 Å². The molecule has 1 aromatic carbocycles. The first-order valence-electron chi connectivity index (χ1n) is 9.43. The summed E-state index contributed by atoms with van der Waals surface area (Å²) < 4.78 is 45.5. The fourth-order valence-electron chi connectivity index (χ4n) is 3.24. The van der Waals surface area contributed by atoms with E-state index in [-0.39, 0.29) is 24.0 Å². The van der Waals surface area contributed by atoms with Gasteiger partial charge in [-0.25, -0.2) is 4.68 Å². The third-order valence-electron chi connectivity index (χ3n) is 4.85. The zero-order valence-corrected chi connectivity index (χ0v) is 15.9. The van der Waals surface area contributed by atoms with E-state index in [2.05, 4.69) is 15.4 Å². The lowest BCUT2D eigenvalue weighted by molar-refractivity contribution is -0.141. The summed E-state index contributed by atoms with van der Waals surface area (Å²) in [7, 11) is 0. The van der Waals surface area contributed by atoms with Crippen LogP contribution in [0.5, 0.6) is 0 Å². The molecule has 0 bridgehead atoms. The monoisotopic (exact) mass is 416 g/mol. The second-order valence-electron chi connectivity index (χ2n) is 6.98. The molecule has 0 spiro atoms. The van der Waals surface area contributed by atoms with E-state index in [0.29, 0.717) is 12.2 Å². The molecule has 1 N–H and O–H groups in total. The first-order chi connectivity index (χ1) is 14.4. The third kappa shape index (κ3) is 4.58. The summed E-state index contributed by atoms with van der Waals surface area (Å²) in [5.74, 6) is -0.172. The number of nitrogens with zero attached hydrogens (tertiary/aromatic N) is 3. The van der Waals surface area contributed by atoms with Gasteiger partial charge in [-0.15, -0.1) is 0 Å². The smallest absolute Gasteiger partial charge is 0.371 e. The Bertz CT molecular complexity index is 1030. The average molecular weight is 416 g/mol. The number of alkyl halides is 3. The van der Waals surface area contributed by atoms with Gasteiger partial charge in [-0.3, -0.25) is 9.78 Å². The van der Waals surface area contributed by atoms with Crippen LogP contribution in [0.2, 0.25) is 0 Å². The zero-order valence-electron chi connectivity index (χ0n) is 15.9. The van der Waals surface area contributed by atoms with Crippen molar-refractivity contribution in [3.05, 3.63) is 77.4 Å². The largest absolute Gasteiger partial charge is 0.433 e. The number of hydrogen-bond acceptors (Lipinski definition) is 5. The minimum Gasteiger partial charge on any atom is -0.371 e. The number of rotatable bonds is 5. The van der Waals surface area contributed by atoms with Gasteiger partial charge in [0.15, 0.2) is 5.78 Å². The Morgan fingerprint density at radius 1 is 1.23 bits per heavy atom. The normalized spacial score (nSPS) is 17.1. The number of benzene rings is 1. The molecule has 6 nitrogen and oxygen atoms in total. The molecule has 9 heteroatoms. The molecule has 0 radical (unpaired) electrons. The highest BCUT2D eigenvalue weighted by molar-refractivity contribution is 5.97. The van der Waals surface area contributed by atoms with Crippen LogP contribution in [0.4, 0.5) is 13.2 Å². The van der Waals surface area contributed by atoms with Crippen LogP contribution in [-0.2, 0) is 17.3 Å². The molecule has 0 amide bonds. The van der Waals surface area contributed by atoms with Gasteiger partial charge in [0.25, 0.3) is 0 Å². The van der Waals surface area contributed by atoms with Crippen LogP contribution >= 0.6 is 0 Å². The van der Waals surface area contributed by atoms with Gasteiger partial charge in [-0.05, 0) is 23.3 Å². The molecule has 0 unspecified atom stereocenters. The van der Waals surface area contributed by atoms with Gasteiger partial charge < -0.3 is 10.1 Å². The summed E-state index contributed by atoms with van der Waals surface area (Å²) in [4.78, 5) is 15.9. The van der Waals surface area contributed by atoms with Gasteiger partial charge in [-0.1, -0.05) is 24.3 Å². The predicted octanol–water partition coefficient (Wildman–Crippen LogP) is 3.37. The molecule has 3 aromatic rings. The van der Waals surface area contributed by atoms with Crippen molar-refractivity contribution in [1.29, 1.82) is 0 Å². The number of pyridine rings is 1. The number of aromatic nitrogens is 3. The minimum absolute atomic E-state index is 0.00341. The van der Waals surface area contributed by atoms with Gasteiger partial charge in [0, 0.05) is 31.9 Å². The highest BCUT2D eigenvalue weighted by Crippen LogP contribution is 2.28. The zero-order chi connectivity index (χ0) is 21.1. The van der Waals surface area contributed by atoms with Crippen LogP contribution in [0.15, 0.2) is 55.0 Å². The van der Waals surface area contributed by atoms with E-state index in [1.807, 2.05) is 24.3 Å². The van der Waals surface area contributed by atoms with E-state index in [1.165, 1.54) is 23.1 Å². The number of hydrogen-bond donors (Lipinski definition) is 1. The van der Waals surface area contributed by atoms with Crippen molar-refractivity contribution < 1.29 is 22.7 Å². The molecule has 1 saturated heterocycles. The fourth-order valence-corrected chi connectivity index (χ4v) is 3.24. The lowest BCUT2D eigenvalue weighted by Gasteiger charge is -2.24. The highest BCUT2D eigenvalue weighted by Gasteiger charge is 2.32. The Labute approximate surface area is 170 Å². The molecule has 3 heterocycles. The highest BCUT2D eigenvalue weighted by atomic mass is 19.4. The third-order valence-corrected chi connectivity index (χ3v) is 4.85. The maximum atomic E-state index is 12.8. The second-order valence-corrected chi connectivity index (χ2v) is 6.98. The van der Waals surface area contributed by atoms with Crippen molar-refractivity contribution in [1.82, 2.24) is 20.1 Å². The van der Waals surface area contributed by atoms with Crippen molar-refractivity contribution in [2.75, 3.05) is 19.7 Å². The SMILES string of the molecule is O=C(Cc1ccc([C@H]2CNCCO2)cc1)c1cnn(-c2ccnc(C(F)(F)F)c2)c1. The molecule has 1 aliphatic rings. The van der Waals surface area contributed by atoms with Crippen LogP contribution in [0, 0.1) is 0 Å². The molecule has 1 fully saturated rings. The predicted molar refractivity (Wildman–Crippen MR) is 102 cm³/mol. The number of ketones is 1. The van der Waals surface area contributed by atoms with Gasteiger partial charge in [-0.2, -0.15) is 18.3 Å². The number of carbonyl (C=O) groups is 1. The average Bonchev–Trinajstić information content (AvgIpc) is 3.25. The Morgan fingerprint density at radius 3 is 2.73 bits per heavy atom. The van der Waals surface area contributed by atoms with Crippen LogP contribution in [0.3, 0.4) is 0 Å². The molecule has 4 rings (SSSR count). The van der Waals surface area contributed by atoms with Crippen molar-refractivity contribution in [2.24, 2.45) is 0 Å². The molecule has 1 atom stereocenters. The van der Waals surface area contributed by atoms with E-state index < -0.39 is 11.9 Å². The summed E-state index contributed by atoms with van der Waals surface area (Å²) in [6.07, 6.45) is -0.538. The standard InChI is InChI=1S/C21H19F3N4O2/c22-21(23,24)20-10-17(5-6-26-20)28-13-16(11-27-28)18(29)9-14-1-3-15(4-2-14)19-12-25-7-8-30-19/h1-6,10-11,13,19,25H,7-9,12H2/t19-/m1/s1. The van der Waals surface area contributed by atoms with E-state index in [0.717, 1.165) is 36.5 Å². The summed E-state index contributed by atoms with van der Waals surface area (Å²) in [5.41, 5.74) is 1.37. The van der Waals surface area contributed by atoms with Gasteiger partial charge >= 0.3 is 6.18 Å². The number of ether oxygens (including phenoxy) is 1. The van der Waals surface area contributed by atoms with Gasteiger partial charge in [0.05, 0.1) is 30.2 Å². The first kappa shape index (κ1) is 20.2. The number of nitrogens with one attached hydrogen (secondary N) is 1. The Morgan fingerprint density at radius 2 is 2.03 bits per heavy atom. The number of Topliss-reactive ketones (excluding diaryl/α,β-unsaturated/α-hetero) is 1. The number of carbonyl (C=O) groups excluding carboxylic acids is 1. The first-order valence-corrected chi connectivity index (χ1v) is 9.43.